The van der Waals surface area contributed by atoms with Gasteiger partial charge >= 0.3 is 0 Å². The summed E-state index contributed by atoms with van der Waals surface area (Å²) in [6.07, 6.45) is 3.57. The third-order valence-electron chi connectivity index (χ3n) is 2.91. The van der Waals surface area contributed by atoms with Gasteiger partial charge in [0, 0.05) is 5.69 Å². The second kappa shape index (κ2) is 4.57. The number of nitrogens with two attached hydrogens (primary N) is 1. The number of aryl methyl sites for hydroxylation is 3. The van der Waals surface area contributed by atoms with Crippen LogP contribution >= 0.6 is 0 Å². The first-order valence-electron chi connectivity index (χ1n) is 5.96. The molecule has 0 aliphatic heterocycles. The summed E-state index contributed by atoms with van der Waals surface area (Å²) in [4.78, 5) is 4.34. The summed E-state index contributed by atoms with van der Waals surface area (Å²) in [5.41, 5.74) is 9.80. The molecule has 0 bridgehead atoms. The number of hydrogen-bond donors (Lipinski definition) is 1. The molecule has 17 heavy (non-hydrogen) atoms. The molecule has 2 heterocycles. The SMILES string of the molecule is CCc1cc(CC)n(-c2cc(C)c(N)cn2)n1. The first-order valence-corrected chi connectivity index (χ1v) is 5.96. The lowest BCUT2D eigenvalue weighted by Crippen LogP contribution is -2.05. The van der Waals surface area contributed by atoms with Crippen molar-refractivity contribution >= 4 is 5.69 Å². The Bertz CT molecular complexity index is 528. The van der Waals surface area contributed by atoms with Gasteiger partial charge in [-0.05, 0) is 37.5 Å². The summed E-state index contributed by atoms with van der Waals surface area (Å²) in [5.74, 6) is 0.841. The standard InChI is InChI=1S/C13H18N4/c1-4-10-7-11(5-2)17(16-10)13-6-9(3)12(14)8-15-13/h6-8H,4-5,14H2,1-3H3. The molecule has 0 radical (unpaired) electrons. The molecule has 0 atom stereocenters. The van der Waals surface area contributed by atoms with Gasteiger partial charge in [0.1, 0.15) is 0 Å². The number of anilines is 1. The van der Waals surface area contributed by atoms with E-state index in [4.69, 9.17) is 5.73 Å². The fourth-order valence-electron chi connectivity index (χ4n) is 1.77. The van der Waals surface area contributed by atoms with Crippen LogP contribution in [0.1, 0.15) is 30.8 Å². The van der Waals surface area contributed by atoms with Crippen molar-refractivity contribution in [2.75, 3.05) is 5.73 Å². The molecule has 4 heteroatoms. The third kappa shape index (κ3) is 2.16. The van der Waals surface area contributed by atoms with Crippen LogP contribution < -0.4 is 5.73 Å². The summed E-state index contributed by atoms with van der Waals surface area (Å²) in [6, 6.07) is 4.11. The van der Waals surface area contributed by atoms with E-state index in [1.807, 2.05) is 17.7 Å². The predicted octanol–water partition coefficient (Wildman–Crippen LogP) is 2.28. The molecule has 0 saturated heterocycles. The number of hydrogen-bond acceptors (Lipinski definition) is 3. The van der Waals surface area contributed by atoms with Crippen molar-refractivity contribution in [2.45, 2.75) is 33.6 Å². The molecule has 0 aliphatic carbocycles. The van der Waals surface area contributed by atoms with Crippen molar-refractivity contribution < 1.29 is 0 Å². The van der Waals surface area contributed by atoms with Gasteiger partial charge in [0.2, 0.25) is 0 Å². The molecule has 2 aromatic rings. The number of pyridine rings is 1. The normalized spacial score (nSPS) is 10.8. The summed E-state index contributed by atoms with van der Waals surface area (Å²) in [6.45, 7) is 6.21. The zero-order chi connectivity index (χ0) is 12.4. The van der Waals surface area contributed by atoms with Gasteiger partial charge in [0.15, 0.2) is 5.82 Å². The van der Waals surface area contributed by atoms with Gasteiger partial charge in [-0.1, -0.05) is 13.8 Å². The lowest BCUT2D eigenvalue weighted by atomic mass is 10.2. The molecule has 0 aliphatic rings. The van der Waals surface area contributed by atoms with E-state index in [0.29, 0.717) is 0 Å². The van der Waals surface area contributed by atoms with Crippen LogP contribution in [0.15, 0.2) is 18.3 Å². The molecule has 0 aromatic carbocycles. The van der Waals surface area contributed by atoms with Crippen molar-refractivity contribution in [2.24, 2.45) is 0 Å². The van der Waals surface area contributed by atoms with Crippen molar-refractivity contribution in [1.29, 1.82) is 0 Å². The molecule has 2 rings (SSSR count). The number of nitrogens with zero attached hydrogens (tertiary/aromatic N) is 3. The Kier molecular flexibility index (Phi) is 3.13. The van der Waals surface area contributed by atoms with Crippen molar-refractivity contribution in [3.8, 4) is 5.82 Å². The average Bonchev–Trinajstić information content (AvgIpc) is 2.76. The first-order chi connectivity index (χ1) is 8.15. The molecule has 0 unspecified atom stereocenters. The Balaban J connectivity index is 2.51. The van der Waals surface area contributed by atoms with Crippen LogP contribution in [0.25, 0.3) is 5.82 Å². The molecule has 2 aromatic heterocycles. The zero-order valence-corrected chi connectivity index (χ0v) is 10.6. The van der Waals surface area contributed by atoms with Gasteiger partial charge in [-0.3, -0.25) is 0 Å². The minimum absolute atomic E-state index is 0.717. The molecule has 2 N–H and O–H groups in total. The Morgan fingerprint density at radius 3 is 2.59 bits per heavy atom. The van der Waals surface area contributed by atoms with Gasteiger partial charge in [0.25, 0.3) is 0 Å². The van der Waals surface area contributed by atoms with Crippen LogP contribution in [0.5, 0.6) is 0 Å². The maximum Gasteiger partial charge on any atom is 0.153 e. The maximum absolute atomic E-state index is 5.78. The summed E-state index contributed by atoms with van der Waals surface area (Å²) in [7, 11) is 0. The molecule has 0 saturated carbocycles. The molecule has 0 spiro atoms. The van der Waals surface area contributed by atoms with E-state index in [0.717, 1.165) is 35.6 Å². The van der Waals surface area contributed by atoms with Crippen LogP contribution in [0, 0.1) is 6.92 Å². The molecular weight excluding hydrogens is 212 g/mol. The van der Waals surface area contributed by atoms with Crippen LogP contribution in [0.2, 0.25) is 0 Å². The topological polar surface area (TPSA) is 56.7 Å². The fraction of sp³-hybridized carbons (Fsp3) is 0.385. The maximum atomic E-state index is 5.78. The molecule has 90 valence electrons. The number of rotatable bonds is 3. The van der Waals surface area contributed by atoms with E-state index in [9.17, 15) is 0 Å². The van der Waals surface area contributed by atoms with E-state index in [1.165, 1.54) is 5.69 Å². The third-order valence-corrected chi connectivity index (χ3v) is 2.91. The van der Waals surface area contributed by atoms with Gasteiger partial charge < -0.3 is 5.73 Å². The minimum Gasteiger partial charge on any atom is -0.397 e. The van der Waals surface area contributed by atoms with Gasteiger partial charge in [-0.25, -0.2) is 9.67 Å². The lowest BCUT2D eigenvalue weighted by Gasteiger charge is -2.06. The van der Waals surface area contributed by atoms with E-state index < -0.39 is 0 Å². The Labute approximate surface area is 101 Å². The van der Waals surface area contributed by atoms with Gasteiger partial charge in [0.05, 0.1) is 17.6 Å². The molecule has 0 fully saturated rings. The van der Waals surface area contributed by atoms with Crippen LogP contribution in [0.4, 0.5) is 5.69 Å². The second-order valence-electron chi connectivity index (χ2n) is 4.15. The first kappa shape index (κ1) is 11.6. The Morgan fingerprint density at radius 2 is 2.00 bits per heavy atom. The largest absolute Gasteiger partial charge is 0.397 e. The van der Waals surface area contributed by atoms with Crippen LogP contribution in [0.3, 0.4) is 0 Å². The summed E-state index contributed by atoms with van der Waals surface area (Å²) < 4.78 is 1.91. The van der Waals surface area contributed by atoms with Gasteiger partial charge in [-0.2, -0.15) is 5.10 Å². The Hall–Kier alpha value is -1.84. The van der Waals surface area contributed by atoms with Crippen LogP contribution in [-0.2, 0) is 12.8 Å². The van der Waals surface area contributed by atoms with E-state index >= 15 is 0 Å². The van der Waals surface area contributed by atoms with E-state index in [2.05, 4.69) is 30.0 Å². The van der Waals surface area contributed by atoms with Crippen molar-refractivity contribution in [1.82, 2.24) is 14.8 Å². The van der Waals surface area contributed by atoms with Crippen molar-refractivity contribution in [3.05, 3.63) is 35.3 Å². The number of nitrogen functional groups attached to an aromatic ring is 1. The molecule has 0 amide bonds. The smallest absolute Gasteiger partial charge is 0.153 e. The highest BCUT2D eigenvalue weighted by molar-refractivity contribution is 5.47. The predicted molar refractivity (Wildman–Crippen MR) is 69.3 cm³/mol. The highest BCUT2D eigenvalue weighted by Gasteiger charge is 2.09. The Morgan fingerprint density at radius 1 is 1.24 bits per heavy atom. The van der Waals surface area contributed by atoms with Crippen molar-refractivity contribution in [3.63, 3.8) is 0 Å². The highest BCUT2D eigenvalue weighted by atomic mass is 15.3. The van der Waals surface area contributed by atoms with Crippen LogP contribution in [-0.4, -0.2) is 14.8 Å². The average molecular weight is 230 g/mol. The minimum atomic E-state index is 0.717. The monoisotopic (exact) mass is 230 g/mol. The zero-order valence-electron chi connectivity index (χ0n) is 10.6. The molecular formula is C13H18N4. The van der Waals surface area contributed by atoms with Gasteiger partial charge in [-0.15, -0.1) is 0 Å². The highest BCUT2D eigenvalue weighted by Crippen LogP contribution is 2.16. The lowest BCUT2D eigenvalue weighted by molar-refractivity contribution is 0.772. The van der Waals surface area contributed by atoms with E-state index in [1.54, 1.807) is 6.20 Å². The second-order valence-corrected chi connectivity index (χ2v) is 4.15. The molecule has 4 nitrogen and oxygen atoms in total. The van der Waals surface area contributed by atoms with E-state index in [-0.39, 0.29) is 0 Å². The quantitative estimate of drug-likeness (QED) is 0.880. The summed E-state index contributed by atoms with van der Waals surface area (Å²) in [5, 5.41) is 4.55. The fourth-order valence-corrected chi connectivity index (χ4v) is 1.77. The number of aromatic nitrogens is 3. The summed E-state index contributed by atoms with van der Waals surface area (Å²) >= 11 is 0.